The Morgan fingerprint density at radius 3 is 2.75 bits per heavy atom. The van der Waals surface area contributed by atoms with E-state index in [4.69, 9.17) is 5.10 Å². The van der Waals surface area contributed by atoms with Gasteiger partial charge in [0.2, 0.25) is 11.0 Å². The molecule has 0 bridgehead atoms. The average molecular weight is 413 g/mol. The summed E-state index contributed by atoms with van der Waals surface area (Å²) in [6, 6.07) is 12.4. The zero-order chi connectivity index (χ0) is 18.9. The zero-order valence-electron chi connectivity index (χ0n) is 15.2. The fourth-order valence-electron chi connectivity index (χ4n) is 2.87. The Hall–Kier alpha value is -2.39. The van der Waals surface area contributed by atoms with Crippen molar-refractivity contribution in [3.05, 3.63) is 42.1 Å². The normalized spacial score (nSPS) is 16.1. The van der Waals surface area contributed by atoms with Crippen LogP contribution in [0.1, 0.15) is 37.3 Å². The van der Waals surface area contributed by atoms with Crippen LogP contribution in [0.2, 0.25) is 0 Å². The molecule has 0 aliphatic heterocycles. The second-order valence-corrected chi connectivity index (χ2v) is 9.30. The molecule has 144 valence electrons. The van der Waals surface area contributed by atoms with Gasteiger partial charge in [-0.05, 0) is 37.8 Å². The van der Waals surface area contributed by atoms with E-state index >= 15 is 0 Å². The van der Waals surface area contributed by atoms with Crippen molar-refractivity contribution < 1.29 is 4.79 Å². The summed E-state index contributed by atoms with van der Waals surface area (Å²) in [4.78, 5) is 12.5. The SMILES string of the molecule is O=C(CSc1nnc(NC2CC2)s1)Nc1cc(C2CC2)nn1-c1ccccc1. The first-order chi connectivity index (χ1) is 13.7. The van der Waals surface area contributed by atoms with Crippen LogP contribution in [0.3, 0.4) is 0 Å². The van der Waals surface area contributed by atoms with E-state index in [1.54, 1.807) is 0 Å². The lowest BCUT2D eigenvalue weighted by Gasteiger charge is -2.08. The van der Waals surface area contributed by atoms with Gasteiger partial charge in [0, 0.05) is 18.0 Å². The number of anilines is 2. The fraction of sp³-hybridized carbons (Fsp3) is 0.368. The molecule has 1 aromatic carbocycles. The van der Waals surface area contributed by atoms with E-state index in [-0.39, 0.29) is 11.7 Å². The molecule has 2 saturated carbocycles. The van der Waals surface area contributed by atoms with Gasteiger partial charge in [-0.25, -0.2) is 4.68 Å². The van der Waals surface area contributed by atoms with Gasteiger partial charge in [-0.3, -0.25) is 4.79 Å². The van der Waals surface area contributed by atoms with Crippen molar-refractivity contribution in [2.75, 3.05) is 16.4 Å². The van der Waals surface area contributed by atoms with Crippen molar-refractivity contribution in [3.8, 4) is 5.69 Å². The molecule has 1 amide bonds. The van der Waals surface area contributed by atoms with E-state index < -0.39 is 0 Å². The number of carbonyl (C=O) groups is 1. The van der Waals surface area contributed by atoms with Gasteiger partial charge in [0.05, 0.1) is 17.1 Å². The first-order valence-electron chi connectivity index (χ1n) is 9.43. The van der Waals surface area contributed by atoms with Crippen LogP contribution in [-0.4, -0.2) is 37.7 Å². The molecule has 0 spiro atoms. The van der Waals surface area contributed by atoms with Crippen LogP contribution in [-0.2, 0) is 4.79 Å². The quantitative estimate of drug-likeness (QED) is 0.546. The number of hydrogen-bond donors (Lipinski definition) is 2. The van der Waals surface area contributed by atoms with Crippen LogP contribution in [0.5, 0.6) is 0 Å². The second kappa shape index (κ2) is 7.56. The van der Waals surface area contributed by atoms with Crippen LogP contribution < -0.4 is 10.6 Å². The second-order valence-electron chi connectivity index (χ2n) is 7.10. The predicted molar refractivity (Wildman–Crippen MR) is 111 cm³/mol. The number of benzene rings is 1. The monoisotopic (exact) mass is 412 g/mol. The molecule has 2 aliphatic carbocycles. The predicted octanol–water partition coefficient (Wildman–Crippen LogP) is 3.91. The Morgan fingerprint density at radius 1 is 1.18 bits per heavy atom. The van der Waals surface area contributed by atoms with Gasteiger partial charge in [0.1, 0.15) is 5.82 Å². The van der Waals surface area contributed by atoms with E-state index in [1.807, 2.05) is 41.1 Å². The molecule has 0 saturated heterocycles. The minimum absolute atomic E-state index is 0.0728. The Labute approximate surface area is 170 Å². The summed E-state index contributed by atoms with van der Waals surface area (Å²) in [7, 11) is 0. The maximum absolute atomic E-state index is 12.5. The van der Waals surface area contributed by atoms with Crippen LogP contribution in [0.4, 0.5) is 10.9 Å². The van der Waals surface area contributed by atoms with E-state index in [9.17, 15) is 4.79 Å². The van der Waals surface area contributed by atoms with E-state index in [2.05, 4.69) is 20.8 Å². The van der Waals surface area contributed by atoms with Crippen LogP contribution in [0.25, 0.3) is 5.69 Å². The molecule has 3 aromatic rings. The average Bonchev–Trinajstić information content (AvgIpc) is 3.63. The number of hydrogen-bond acceptors (Lipinski definition) is 7. The molecule has 9 heteroatoms. The molecule has 2 N–H and O–H groups in total. The number of para-hydroxylation sites is 1. The molecule has 28 heavy (non-hydrogen) atoms. The van der Waals surface area contributed by atoms with E-state index in [0.29, 0.717) is 17.8 Å². The summed E-state index contributed by atoms with van der Waals surface area (Å²) in [5.41, 5.74) is 1.99. The molecular formula is C19H20N6OS2. The number of amides is 1. The Kier molecular flexibility index (Phi) is 4.77. The molecule has 5 rings (SSSR count). The third kappa shape index (κ3) is 4.20. The lowest BCUT2D eigenvalue weighted by atomic mass is 10.3. The third-order valence-corrected chi connectivity index (χ3v) is 6.62. The Bertz CT molecular complexity index is 977. The molecule has 0 unspecified atom stereocenters. The number of nitrogens with one attached hydrogen (secondary N) is 2. The van der Waals surface area contributed by atoms with Gasteiger partial charge in [0.15, 0.2) is 4.34 Å². The van der Waals surface area contributed by atoms with E-state index in [1.165, 1.54) is 48.8 Å². The van der Waals surface area contributed by atoms with Crippen molar-refractivity contribution in [3.63, 3.8) is 0 Å². The Balaban J connectivity index is 1.24. The van der Waals surface area contributed by atoms with Crippen LogP contribution in [0, 0.1) is 0 Å². The van der Waals surface area contributed by atoms with Crippen LogP contribution in [0.15, 0.2) is 40.7 Å². The van der Waals surface area contributed by atoms with Gasteiger partial charge in [-0.1, -0.05) is 41.3 Å². The highest BCUT2D eigenvalue weighted by Crippen LogP contribution is 2.40. The number of thioether (sulfide) groups is 1. The largest absolute Gasteiger partial charge is 0.357 e. The number of carbonyl (C=O) groups excluding carboxylic acids is 1. The van der Waals surface area contributed by atoms with Crippen molar-refractivity contribution in [2.24, 2.45) is 0 Å². The number of rotatable bonds is 8. The third-order valence-electron chi connectivity index (χ3n) is 4.63. The van der Waals surface area contributed by atoms with Crippen molar-refractivity contribution in [1.29, 1.82) is 0 Å². The maximum atomic E-state index is 12.5. The molecule has 2 aromatic heterocycles. The van der Waals surface area contributed by atoms with Gasteiger partial charge < -0.3 is 10.6 Å². The molecule has 2 fully saturated rings. The topological polar surface area (TPSA) is 84.7 Å². The van der Waals surface area contributed by atoms with Gasteiger partial charge >= 0.3 is 0 Å². The highest BCUT2D eigenvalue weighted by molar-refractivity contribution is 8.01. The van der Waals surface area contributed by atoms with E-state index in [0.717, 1.165) is 20.9 Å². The highest BCUT2D eigenvalue weighted by atomic mass is 32.2. The van der Waals surface area contributed by atoms with Crippen molar-refractivity contribution >= 4 is 40.0 Å². The van der Waals surface area contributed by atoms with Gasteiger partial charge in [0.25, 0.3) is 0 Å². The first-order valence-corrected chi connectivity index (χ1v) is 11.2. The summed E-state index contributed by atoms with van der Waals surface area (Å²) in [6.07, 6.45) is 4.73. The molecule has 0 atom stereocenters. The highest BCUT2D eigenvalue weighted by Gasteiger charge is 2.28. The maximum Gasteiger partial charge on any atom is 0.235 e. The first kappa shape index (κ1) is 17.7. The van der Waals surface area contributed by atoms with Crippen molar-refractivity contribution in [2.45, 2.75) is 42.0 Å². The summed E-state index contributed by atoms with van der Waals surface area (Å²) >= 11 is 2.90. The zero-order valence-corrected chi connectivity index (χ0v) is 16.8. The fourth-order valence-corrected chi connectivity index (χ4v) is 4.50. The minimum atomic E-state index is -0.0728. The molecule has 0 radical (unpaired) electrons. The standard InChI is InChI=1S/C19H20N6OS2/c26-17(11-27-19-23-22-18(28-19)20-13-8-9-13)21-16-10-15(12-6-7-12)24-25(16)14-4-2-1-3-5-14/h1-5,10,12-13H,6-9,11H2,(H,20,22)(H,21,26). The lowest BCUT2D eigenvalue weighted by Crippen LogP contribution is -2.16. The summed E-state index contributed by atoms with van der Waals surface area (Å²) < 4.78 is 2.62. The lowest BCUT2D eigenvalue weighted by molar-refractivity contribution is -0.113. The number of nitrogens with zero attached hydrogens (tertiary/aromatic N) is 4. The molecular weight excluding hydrogens is 392 g/mol. The van der Waals surface area contributed by atoms with Gasteiger partial charge in [-0.2, -0.15) is 5.10 Å². The summed E-state index contributed by atoms with van der Waals surface area (Å²) in [5.74, 6) is 1.45. The molecule has 7 nitrogen and oxygen atoms in total. The Morgan fingerprint density at radius 2 is 2.00 bits per heavy atom. The minimum Gasteiger partial charge on any atom is -0.357 e. The van der Waals surface area contributed by atoms with Gasteiger partial charge in [-0.15, -0.1) is 10.2 Å². The molecule has 2 aliphatic rings. The van der Waals surface area contributed by atoms with Crippen molar-refractivity contribution in [1.82, 2.24) is 20.0 Å². The number of aromatic nitrogens is 4. The smallest absolute Gasteiger partial charge is 0.235 e. The molecule has 2 heterocycles. The summed E-state index contributed by atoms with van der Waals surface area (Å²) in [5, 5.41) is 20.2. The summed E-state index contributed by atoms with van der Waals surface area (Å²) in [6.45, 7) is 0. The van der Waals surface area contributed by atoms with Crippen LogP contribution >= 0.6 is 23.1 Å².